The minimum atomic E-state index is -0.245. The highest BCUT2D eigenvalue weighted by molar-refractivity contribution is 7.99. The topological polar surface area (TPSA) is 38.3 Å². The van der Waals surface area contributed by atoms with Gasteiger partial charge in [-0.25, -0.2) is 4.39 Å². The van der Waals surface area contributed by atoms with Gasteiger partial charge in [0.2, 0.25) is 0 Å². The van der Waals surface area contributed by atoms with Crippen LogP contribution >= 0.6 is 11.8 Å². The molecule has 0 radical (unpaired) electrons. The molecule has 1 aliphatic heterocycles. The number of benzene rings is 2. The average Bonchev–Trinajstić information content (AvgIpc) is 3.15. The quantitative estimate of drug-likeness (QED) is 0.758. The van der Waals surface area contributed by atoms with Crippen LogP contribution < -0.4 is 5.32 Å². The number of carbonyl (C=O) groups excluding carboxylic acids is 1. The van der Waals surface area contributed by atoms with Crippen LogP contribution in [0.5, 0.6) is 0 Å². The summed E-state index contributed by atoms with van der Waals surface area (Å²) >= 11 is 1.68. The zero-order valence-corrected chi connectivity index (χ0v) is 14.9. The van der Waals surface area contributed by atoms with E-state index >= 15 is 0 Å². The van der Waals surface area contributed by atoms with Gasteiger partial charge in [0.05, 0.1) is 11.7 Å². The highest BCUT2D eigenvalue weighted by Gasteiger charge is 2.17. The van der Waals surface area contributed by atoms with E-state index in [9.17, 15) is 9.18 Å². The lowest BCUT2D eigenvalue weighted by Crippen LogP contribution is -2.26. The van der Waals surface area contributed by atoms with E-state index in [1.54, 1.807) is 23.9 Å². The first-order chi connectivity index (χ1) is 12.2. The molecular weight excluding hydrogens is 337 g/mol. The lowest BCUT2D eigenvalue weighted by atomic mass is 10.1. The fourth-order valence-electron chi connectivity index (χ4n) is 2.81. The van der Waals surface area contributed by atoms with E-state index in [4.69, 9.17) is 4.74 Å². The first-order valence-corrected chi connectivity index (χ1v) is 9.57. The number of nitrogens with one attached hydrogen (secondary N) is 1. The molecule has 1 aliphatic rings. The lowest BCUT2D eigenvalue weighted by Gasteiger charge is -2.12. The molecule has 1 saturated heterocycles. The molecule has 0 bridgehead atoms. The molecule has 0 spiro atoms. The number of amides is 1. The molecule has 1 fully saturated rings. The van der Waals surface area contributed by atoms with Crippen LogP contribution in [0.25, 0.3) is 0 Å². The Kier molecular flexibility index (Phi) is 6.48. The van der Waals surface area contributed by atoms with E-state index < -0.39 is 0 Å². The Hall–Kier alpha value is -1.85. The van der Waals surface area contributed by atoms with Gasteiger partial charge in [-0.05, 0) is 49.1 Å². The smallest absolute Gasteiger partial charge is 0.252 e. The van der Waals surface area contributed by atoms with E-state index in [0.29, 0.717) is 24.6 Å². The van der Waals surface area contributed by atoms with Crippen molar-refractivity contribution in [3.8, 4) is 0 Å². The third-order valence-electron chi connectivity index (χ3n) is 4.19. The number of thioether (sulfide) groups is 1. The number of ether oxygens (including phenoxy) is 1. The van der Waals surface area contributed by atoms with Crippen LogP contribution in [0.2, 0.25) is 0 Å². The maximum Gasteiger partial charge on any atom is 0.252 e. The van der Waals surface area contributed by atoms with Crippen LogP contribution in [-0.4, -0.2) is 30.9 Å². The van der Waals surface area contributed by atoms with Gasteiger partial charge in [0.1, 0.15) is 5.82 Å². The molecule has 1 amide bonds. The van der Waals surface area contributed by atoms with E-state index in [0.717, 1.165) is 35.7 Å². The SMILES string of the molecule is O=C(NCCc1ccc(F)cc1)c1ccccc1SC[C@H]1CCCO1. The molecule has 0 saturated carbocycles. The molecule has 2 aromatic rings. The number of halogens is 1. The Bertz CT molecular complexity index is 699. The van der Waals surface area contributed by atoms with Crippen molar-refractivity contribution in [3.63, 3.8) is 0 Å². The van der Waals surface area contributed by atoms with Gasteiger partial charge in [-0.2, -0.15) is 0 Å². The van der Waals surface area contributed by atoms with Crippen molar-refractivity contribution >= 4 is 17.7 Å². The second-order valence-corrected chi connectivity index (χ2v) is 7.14. The lowest BCUT2D eigenvalue weighted by molar-refractivity contribution is 0.0951. The van der Waals surface area contributed by atoms with Crippen molar-refractivity contribution in [1.82, 2.24) is 5.32 Å². The van der Waals surface area contributed by atoms with Crippen molar-refractivity contribution in [2.75, 3.05) is 18.9 Å². The average molecular weight is 359 g/mol. The van der Waals surface area contributed by atoms with E-state index in [-0.39, 0.29) is 11.7 Å². The molecule has 5 heteroatoms. The van der Waals surface area contributed by atoms with E-state index in [2.05, 4.69) is 5.32 Å². The normalized spacial score (nSPS) is 16.8. The van der Waals surface area contributed by atoms with Gasteiger partial charge in [0.25, 0.3) is 5.91 Å². The summed E-state index contributed by atoms with van der Waals surface area (Å²) in [4.78, 5) is 13.5. The van der Waals surface area contributed by atoms with Gasteiger partial charge in [-0.3, -0.25) is 4.79 Å². The Morgan fingerprint density at radius 2 is 2.00 bits per heavy atom. The van der Waals surface area contributed by atoms with Crippen molar-refractivity contribution in [2.24, 2.45) is 0 Å². The van der Waals surface area contributed by atoms with Crippen LogP contribution in [0, 0.1) is 5.82 Å². The van der Waals surface area contributed by atoms with Crippen LogP contribution in [0.15, 0.2) is 53.4 Å². The number of rotatable bonds is 7. The molecule has 1 atom stereocenters. The molecule has 2 aromatic carbocycles. The minimum absolute atomic E-state index is 0.0717. The fraction of sp³-hybridized carbons (Fsp3) is 0.350. The van der Waals surface area contributed by atoms with Crippen molar-refractivity contribution < 1.29 is 13.9 Å². The molecule has 0 unspecified atom stereocenters. The van der Waals surface area contributed by atoms with Crippen LogP contribution in [0.1, 0.15) is 28.8 Å². The van der Waals surface area contributed by atoms with Gasteiger partial charge >= 0.3 is 0 Å². The van der Waals surface area contributed by atoms with Crippen LogP contribution in [0.3, 0.4) is 0 Å². The second-order valence-electron chi connectivity index (χ2n) is 6.07. The summed E-state index contributed by atoms with van der Waals surface area (Å²) in [6.45, 7) is 1.37. The second kappa shape index (κ2) is 9.02. The molecule has 0 aromatic heterocycles. The zero-order valence-electron chi connectivity index (χ0n) is 14.0. The minimum Gasteiger partial charge on any atom is -0.377 e. The van der Waals surface area contributed by atoms with Crippen LogP contribution in [-0.2, 0) is 11.2 Å². The van der Waals surface area contributed by atoms with Gasteiger partial charge in [0, 0.05) is 23.8 Å². The predicted molar refractivity (Wildman–Crippen MR) is 98.6 cm³/mol. The maximum atomic E-state index is 12.9. The van der Waals surface area contributed by atoms with Crippen molar-refractivity contribution in [3.05, 3.63) is 65.5 Å². The summed E-state index contributed by atoms with van der Waals surface area (Å²) in [5.74, 6) is 0.558. The molecule has 1 N–H and O–H groups in total. The molecule has 25 heavy (non-hydrogen) atoms. The van der Waals surface area contributed by atoms with Crippen molar-refractivity contribution in [2.45, 2.75) is 30.3 Å². The number of carbonyl (C=O) groups is 1. The molecule has 1 heterocycles. The third kappa shape index (κ3) is 5.31. The van der Waals surface area contributed by atoms with Gasteiger partial charge in [0.15, 0.2) is 0 Å². The molecule has 0 aliphatic carbocycles. The van der Waals surface area contributed by atoms with E-state index in [1.165, 1.54) is 12.1 Å². The van der Waals surface area contributed by atoms with Gasteiger partial charge in [-0.1, -0.05) is 24.3 Å². The summed E-state index contributed by atoms with van der Waals surface area (Å²) in [6, 6.07) is 14.0. The zero-order chi connectivity index (χ0) is 17.5. The fourth-order valence-corrected chi connectivity index (χ4v) is 3.92. The van der Waals surface area contributed by atoms with E-state index in [1.807, 2.05) is 24.3 Å². The van der Waals surface area contributed by atoms with Gasteiger partial charge in [-0.15, -0.1) is 11.8 Å². The molecule has 3 nitrogen and oxygen atoms in total. The number of hydrogen-bond donors (Lipinski definition) is 1. The Morgan fingerprint density at radius 3 is 2.76 bits per heavy atom. The number of hydrogen-bond acceptors (Lipinski definition) is 3. The molecule has 132 valence electrons. The Labute approximate surface area is 152 Å². The largest absolute Gasteiger partial charge is 0.377 e. The summed E-state index contributed by atoms with van der Waals surface area (Å²) in [5, 5.41) is 2.95. The first kappa shape index (κ1) is 18.0. The Balaban J connectivity index is 1.53. The highest BCUT2D eigenvalue weighted by atomic mass is 32.2. The van der Waals surface area contributed by atoms with Crippen LogP contribution in [0.4, 0.5) is 4.39 Å². The summed E-state index contributed by atoms with van der Waals surface area (Å²) < 4.78 is 18.6. The highest BCUT2D eigenvalue weighted by Crippen LogP contribution is 2.26. The summed E-state index contributed by atoms with van der Waals surface area (Å²) in [6.07, 6.45) is 3.19. The molecular formula is C20H22FNO2S. The molecule has 3 rings (SSSR count). The third-order valence-corrected chi connectivity index (χ3v) is 5.40. The van der Waals surface area contributed by atoms with Gasteiger partial charge < -0.3 is 10.1 Å². The monoisotopic (exact) mass is 359 g/mol. The Morgan fingerprint density at radius 1 is 1.20 bits per heavy atom. The standard InChI is InChI=1S/C20H22FNO2S/c21-16-9-7-15(8-10-16)11-12-22-20(23)18-5-1-2-6-19(18)25-14-17-4-3-13-24-17/h1-2,5-10,17H,3-4,11-14H2,(H,22,23)/t17-/m1/s1. The first-order valence-electron chi connectivity index (χ1n) is 8.58. The van der Waals surface area contributed by atoms with Crippen molar-refractivity contribution in [1.29, 1.82) is 0 Å². The maximum absolute atomic E-state index is 12.9. The predicted octanol–water partition coefficient (Wildman–Crippen LogP) is 4.07. The summed E-state index contributed by atoms with van der Waals surface area (Å²) in [7, 11) is 0. The summed E-state index contributed by atoms with van der Waals surface area (Å²) in [5.41, 5.74) is 1.70.